The van der Waals surface area contributed by atoms with E-state index < -0.39 is 0 Å². The van der Waals surface area contributed by atoms with E-state index in [1.54, 1.807) is 18.3 Å². The summed E-state index contributed by atoms with van der Waals surface area (Å²) in [5, 5.41) is 0. The molecule has 0 spiro atoms. The molecule has 18 heavy (non-hydrogen) atoms. The van der Waals surface area contributed by atoms with Crippen molar-refractivity contribution in [1.82, 2.24) is 15.0 Å². The lowest BCUT2D eigenvalue weighted by atomic mass is 10.0. The van der Waals surface area contributed by atoms with Gasteiger partial charge in [0, 0.05) is 31.9 Å². The number of halogens is 1. The minimum Gasteiger partial charge on any atom is -0.338 e. The number of hydrogen-bond donors (Lipinski definition) is 2. The number of nitrogens with two attached hydrogens (primary N) is 1. The van der Waals surface area contributed by atoms with Crippen LogP contribution in [0.2, 0.25) is 0 Å². The first-order valence-electron chi connectivity index (χ1n) is 5.86. The van der Waals surface area contributed by atoms with Crippen molar-refractivity contribution in [2.75, 3.05) is 0 Å². The summed E-state index contributed by atoms with van der Waals surface area (Å²) in [6.45, 7) is 0. The number of imidazole rings is 1. The van der Waals surface area contributed by atoms with E-state index in [0.717, 1.165) is 5.82 Å². The van der Waals surface area contributed by atoms with Gasteiger partial charge >= 0.3 is 0 Å². The van der Waals surface area contributed by atoms with E-state index in [9.17, 15) is 4.39 Å². The molecule has 0 bridgehead atoms. The average Bonchev–Trinajstić information content (AvgIpc) is 2.77. The molecule has 1 aromatic carbocycles. The Morgan fingerprint density at radius 3 is 2.78 bits per heavy atom. The zero-order valence-electron chi connectivity index (χ0n) is 10.3. The summed E-state index contributed by atoms with van der Waals surface area (Å²) >= 11 is 0. The minimum atomic E-state index is -0.197. The first-order valence-corrected chi connectivity index (χ1v) is 5.86. The van der Waals surface area contributed by atoms with Crippen LogP contribution in [0.15, 0.2) is 36.7 Å². The Labute approximate surface area is 106 Å². The molecule has 0 aliphatic heterocycles. The molecular weight excluding hydrogens is 231 g/mol. The molecule has 0 saturated heterocycles. The van der Waals surface area contributed by atoms with Crippen LogP contribution >= 0.6 is 0 Å². The fourth-order valence-electron chi connectivity index (χ4n) is 1.93. The molecule has 0 fully saturated rings. The van der Waals surface area contributed by atoms with Gasteiger partial charge in [0.25, 0.3) is 0 Å². The van der Waals surface area contributed by atoms with E-state index >= 15 is 0 Å². The smallest absolute Gasteiger partial charge is 0.126 e. The predicted molar refractivity (Wildman–Crippen MR) is 68.1 cm³/mol. The van der Waals surface area contributed by atoms with Gasteiger partial charge < -0.3 is 4.57 Å². The Morgan fingerprint density at radius 2 is 2.17 bits per heavy atom. The number of nitrogens with one attached hydrogen (secondary N) is 1. The fraction of sp³-hybridized carbons (Fsp3) is 0.308. The molecule has 0 aliphatic rings. The average molecular weight is 248 g/mol. The first kappa shape index (κ1) is 12.7. The monoisotopic (exact) mass is 248 g/mol. The Kier molecular flexibility index (Phi) is 4.07. The van der Waals surface area contributed by atoms with Crippen LogP contribution in [0, 0.1) is 5.82 Å². The highest BCUT2D eigenvalue weighted by molar-refractivity contribution is 5.18. The van der Waals surface area contributed by atoms with Crippen molar-refractivity contribution in [2.45, 2.75) is 18.9 Å². The quantitative estimate of drug-likeness (QED) is 0.617. The van der Waals surface area contributed by atoms with E-state index in [4.69, 9.17) is 5.84 Å². The van der Waals surface area contributed by atoms with Gasteiger partial charge in [-0.25, -0.2) is 9.37 Å². The third-order valence-electron chi connectivity index (χ3n) is 3.01. The van der Waals surface area contributed by atoms with Crippen molar-refractivity contribution in [3.05, 3.63) is 53.9 Å². The van der Waals surface area contributed by atoms with Gasteiger partial charge in [-0.1, -0.05) is 18.2 Å². The maximum absolute atomic E-state index is 13.6. The number of hydrazine groups is 1. The van der Waals surface area contributed by atoms with Gasteiger partial charge in [0.2, 0.25) is 0 Å². The van der Waals surface area contributed by atoms with E-state index in [-0.39, 0.29) is 11.9 Å². The second kappa shape index (κ2) is 5.75. The Hall–Kier alpha value is -1.72. The van der Waals surface area contributed by atoms with Crippen LogP contribution in [0.4, 0.5) is 4.39 Å². The van der Waals surface area contributed by atoms with Crippen molar-refractivity contribution in [1.29, 1.82) is 0 Å². The van der Waals surface area contributed by atoms with Gasteiger partial charge in [-0.3, -0.25) is 11.3 Å². The zero-order chi connectivity index (χ0) is 13.0. The molecule has 0 aliphatic carbocycles. The van der Waals surface area contributed by atoms with E-state index in [1.165, 1.54) is 6.07 Å². The third kappa shape index (κ3) is 2.94. The van der Waals surface area contributed by atoms with Gasteiger partial charge in [-0.05, 0) is 18.1 Å². The van der Waals surface area contributed by atoms with Crippen molar-refractivity contribution >= 4 is 0 Å². The van der Waals surface area contributed by atoms with Crippen molar-refractivity contribution in [3.8, 4) is 0 Å². The van der Waals surface area contributed by atoms with Crippen molar-refractivity contribution < 1.29 is 4.39 Å². The highest BCUT2D eigenvalue weighted by atomic mass is 19.1. The molecule has 2 rings (SSSR count). The molecule has 1 atom stereocenters. The number of aryl methyl sites for hydroxylation is 1. The summed E-state index contributed by atoms with van der Waals surface area (Å²) in [5.74, 6) is 6.26. The van der Waals surface area contributed by atoms with Gasteiger partial charge in [-0.2, -0.15) is 0 Å². The SMILES string of the molecule is Cn1ccnc1CC(Cc1ccccc1F)NN. The lowest BCUT2D eigenvalue weighted by Gasteiger charge is -2.16. The van der Waals surface area contributed by atoms with Crippen LogP contribution in [-0.4, -0.2) is 15.6 Å². The number of hydrogen-bond acceptors (Lipinski definition) is 3. The summed E-state index contributed by atoms with van der Waals surface area (Å²) in [5.41, 5.74) is 3.38. The second-order valence-corrected chi connectivity index (χ2v) is 4.32. The lowest BCUT2D eigenvalue weighted by Crippen LogP contribution is -2.39. The van der Waals surface area contributed by atoms with Crippen LogP contribution in [0.25, 0.3) is 0 Å². The summed E-state index contributed by atoms with van der Waals surface area (Å²) < 4.78 is 15.5. The Balaban J connectivity index is 2.06. The number of nitrogens with zero attached hydrogens (tertiary/aromatic N) is 2. The summed E-state index contributed by atoms with van der Waals surface area (Å²) in [6, 6.07) is 6.71. The van der Waals surface area contributed by atoms with Crippen LogP contribution in [0.5, 0.6) is 0 Å². The third-order valence-corrected chi connectivity index (χ3v) is 3.01. The molecule has 3 N–H and O–H groups in total. The molecule has 5 heteroatoms. The fourth-order valence-corrected chi connectivity index (χ4v) is 1.93. The number of benzene rings is 1. The van der Waals surface area contributed by atoms with Crippen LogP contribution < -0.4 is 11.3 Å². The number of rotatable bonds is 5. The maximum Gasteiger partial charge on any atom is 0.126 e. The molecule has 96 valence electrons. The highest BCUT2D eigenvalue weighted by Crippen LogP contribution is 2.11. The molecular formula is C13H17FN4. The zero-order valence-corrected chi connectivity index (χ0v) is 10.3. The molecule has 2 aromatic rings. The van der Waals surface area contributed by atoms with E-state index in [1.807, 2.05) is 23.9 Å². The normalized spacial score (nSPS) is 12.6. The summed E-state index contributed by atoms with van der Waals surface area (Å²) in [4.78, 5) is 4.24. The first-order chi connectivity index (χ1) is 8.70. The Morgan fingerprint density at radius 1 is 1.39 bits per heavy atom. The second-order valence-electron chi connectivity index (χ2n) is 4.32. The maximum atomic E-state index is 13.6. The summed E-state index contributed by atoms with van der Waals surface area (Å²) in [7, 11) is 1.93. The molecule has 0 saturated carbocycles. The van der Waals surface area contributed by atoms with Gasteiger partial charge in [0.1, 0.15) is 11.6 Å². The number of aromatic nitrogens is 2. The molecule has 0 radical (unpaired) electrons. The highest BCUT2D eigenvalue weighted by Gasteiger charge is 2.13. The molecule has 1 heterocycles. The van der Waals surface area contributed by atoms with Crippen molar-refractivity contribution in [2.24, 2.45) is 12.9 Å². The van der Waals surface area contributed by atoms with E-state index in [0.29, 0.717) is 18.4 Å². The molecule has 4 nitrogen and oxygen atoms in total. The molecule has 1 unspecified atom stereocenters. The Bertz CT molecular complexity index is 509. The van der Waals surface area contributed by atoms with Crippen molar-refractivity contribution in [3.63, 3.8) is 0 Å². The minimum absolute atomic E-state index is 0.0389. The topological polar surface area (TPSA) is 55.9 Å². The van der Waals surface area contributed by atoms with Crippen LogP contribution in [0.3, 0.4) is 0 Å². The van der Waals surface area contributed by atoms with Crippen LogP contribution in [0.1, 0.15) is 11.4 Å². The van der Waals surface area contributed by atoms with Gasteiger partial charge in [0.15, 0.2) is 0 Å². The largest absolute Gasteiger partial charge is 0.338 e. The standard InChI is InChI=1S/C13H17FN4/c1-18-7-6-16-13(18)9-11(17-15)8-10-4-2-3-5-12(10)14/h2-7,11,17H,8-9,15H2,1H3. The summed E-state index contributed by atoms with van der Waals surface area (Å²) in [6.07, 6.45) is 4.82. The van der Waals surface area contributed by atoms with Gasteiger partial charge in [-0.15, -0.1) is 0 Å². The van der Waals surface area contributed by atoms with E-state index in [2.05, 4.69) is 10.4 Å². The predicted octanol–water partition coefficient (Wildman–Crippen LogP) is 1.18. The van der Waals surface area contributed by atoms with Crippen LogP contribution in [-0.2, 0) is 19.9 Å². The molecule has 1 aromatic heterocycles. The molecule has 0 amide bonds. The lowest BCUT2D eigenvalue weighted by molar-refractivity contribution is 0.492. The van der Waals surface area contributed by atoms with Gasteiger partial charge in [0.05, 0.1) is 0 Å².